The molecule has 0 aliphatic carbocycles. The van der Waals surface area contributed by atoms with Gasteiger partial charge in [-0.3, -0.25) is 4.79 Å². The van der Waals surface area contributed by atoms with E-state index in [1.165, 1.54) is 6.07 Å². The summed E-state index contributed by atoms with van der Waals surface area (Å²) in [5.41, 5.74) is 0. The van der Waals surface area contributed by atoms with Crippen LogP contribution in [0.3, 0.4) is 0 Å². The molecule has 2 N–H and O–H groups in total. The van der Waals surface area contributed by atoms with E-state index in [0.29, 0.717) is 18.2 Å². The Morgan fingerprint density at radius 2 is 2.24 bits per heavy atom. The molecule has 0 radical (unpaired) electrons. The van der Waals surface area contributed by atoms with Gasteiger partial charge in [-0.15, -0.1) is 11.3 Å². The molecule has 1 aromatic rings. The molecule has 94 valence electrons. The van der Waals surface area contributed by atoms with Gasteiger partial charge in [0.25, 0.3) is 5.91 Å². The highest BCUT2D eigenvalue weighted by molar-refractivity contribution is 7.12. The summed E-state index contributed by atoms with van der Waals surface area (Å²) in [4.78, 5) is 22.1. The first-order chi connectivity index (χ1) is 7.99. The lowest BCUT2D eigenvalue weighted by Gasteiger charge is -2.07. The monoisotopic (exact) mass is 257 g/mol. The smallest absolute Gasteiger partial charge is 0.346 e. The van der Waals surface area contributed by atoms with E-state index in [1.54, 1.807) is 5.38 Å². The van der Waals surface area contributed by atoms with Gasteiger partial charge in [0.2, 0.25) is 0 Å². The summed E-state index contributed by atoms with van der Waals surface area (Å²) in [5, 5.41) is 13.0. The summed E-state index contributed by atoms with van der Waals surface area (Å²) >= 11 is 1.07. The number of carbonyl (C=O) groups is 2. The molecular weight excluding hydrogens is 242 g/mol. The average molecular weight is 257 g/mol. The van der Waals surface area contributed by atoms with E-state index in [1.807, 2.05) is 13.8 Å². The zero-order valence-corrected chi connectivity index (χ0v) is 10.5. The number of carbonyl (C=O) groups excluding carboxylic acids is 1. The van der Waals surface area contributed by atoms with Crippen LogP contribution < -0.4 is 10.1 Å². The van der Waals surface area contributed by atoms with E-state index in [4.69, 9.17) is 9.84 Å². The number of ether oxygens (including phenoxy) is 1. The Bertz CT molecular complexity index is 400. The lowest BCUT2D eigenvalue weighted by atomic mass is 10.2. The fourth-order valence-electron chi connectivity index (χ4n) is 1.02. The second-order valence-corrected chi connectivity index (χ2v) is 4.85. The normalized spacial score (nSPS) is 10.3. The molecule has 0 saturated heterocycles. The quantitative estimate of drug-likeness (QED) is 0.811. The minimum absolute atomic E-state index is 0.0947. The van der Waals surface area contributed by atoms with Crippen molar-refractivity contribution in [3.63, 3.8) is 0 Å². The van der Waals surface area contributed by atoms with Crippen LogP contribution in [0.4, 0.5) is 0 Å². The molecule has 0 aliphatic heterocycles. The van der Waals surface area contributed by atoms with Crippen LogP contribution in [0.15, 0.2) is 11.4 Å². The van der Waals surface area contributed by atoms with Crippen molar-refractivity contribution in [3.05, 3.63) is 16.3 Å². The van der Waals surface area contributed by atoms with Crippen LogP contribution in [0.5, 0.6) is 5.75 Å². The molecule has 0 saturated carbocycles. The zero-order chi connectivity index (χ0) is 12.8. The SMILES string of the molecule is CC(C)CNC(=O)COc1csc(C(=O)O)c1. The second kappa shape index (κ2) is 6.24. The maximum Gasteiger partial charge on any atom is 0.346 e. The topological polar surface area (TPSA) is 75.6 Å². The Morgan fingerprint density at radius 1 is 1.53 bits per heavy atom. The van der Waals surface area contributed by atoms with Gasteiger partial charge in [-0.05, 0) is 5.92 Å². The zero-order valence-electron chi connectivity index (χ0n) is 9.73. The number of aromatic carboxylic acids is 1. The summed E-state index contributed by atoms with van der Waals surface area (Å²) in [5.74, 6) is -0.401. The highest BCUT2D eigenvalue weighted by atomic mass is 32.1. The Balaban J connectivity index is 2.34. The van der Waals surface area contributed by atoms with Gasteiger partial charge in [0.1, 0.15) is 10.6 Å². The summed E-state index contributed by atoms with van der Waals surface area (Å²) in [6, 6.07) is 1.41. The van der Waals surface area contributed by atoms with E-state index in [-0.39, 0.29) is 17.4 Å². The average Bonchev–Trinajstić information content (AvgIpc) is 2.72. The third-order valence-corrected chi connectivity index (χ3v) is 2.76. The van der Waals surface area contributed by atoms with Crippen molar-refractivity contribution in [1.29, 1.82) is 0 Å². The lowest BCUT2D eigenvalue weighted by molar-refractivity contribution is -0.123. The number of nitrogens with one attached hydrogen (secondary N) is 1. The number of thiophene rings is 1. The Kier molecular flexibility index (Phi) is 4.96. The predicted molar refractivity (Wildman–Crippen MR) is 64.6 cm³/mol. The fraction of sp³-hybridized carbons (Fsp3) is 0.455. The highest BCUT2D eigenvalue weighted by Crippen LogP contribution is 2.21. The van der Waals surface area contributed by atoms with E-state index in [9.17, 15) is 9.59 Å². The minimum atomic E-state index is -0.992. The molecular formula is C11H15NO4S. The second-order valence-electron chi connectivity index (χ2n) is 3.94. The van der Waals surface area contributed by atoms with Crippen molar-refractivity contribution in [2.75, 3.05) is 13.2 Å². The van der Waals surface area contributed by atoms with Crippen molar-refractivity contribution in [2.24, 2.45) is 5.92 Å². The molecule has 17 heavy (non-hydrogen) atoms. The van der Waals surface area contributed by atoms with Crippen molar-refractivity contribution in [1.82, 2.24) is 5.32 Å². The van der Waals surface area contributed by atoms with Crippen LogP contribution in [0.2, 0.25) is 0 Å². The van der Waals surface area contributed by atoms with Gasteiger partial charge < -0.3 is 15.2 Å². The summed E-state index contributed by atoms with van der Waals surface area (Å²) in [7, 11) is 0. The fourth-order valence-corrected chi connectivity index (χ4v) is 1.69. The van der Waals surface area contributed by atoms with Gasteiger partial charge in [-0.2, -0.15) is 0 Å². The standard InChI is InChI=1S/C11H15NO4S/c1-7(2)4-12-10(13)5-16-8-3-9(11(14)15)17-6-8/h3,6-7H,4-5H2,1-2H3,(H,12,13)(H,14,15). The van der Waals surface area contributed by atoms with Crippen molar-refractivity contribution >= 4 is 23.2 Å². The predicted octanol–water partition coefficient (Wildman–Crippen LogP) is 1.60. The lowest BCUT2D eigenvalue weighted by Crippen LogP contribution is -2.31. The molecule has 1 aromatic heterocycles. The maximum absolute atomic E-state index is 11.3. The molecule has 1 amide bonds. The molecule has 1 heterocycles. The van der Waals surface area contributed by atoms with Crippen molar-refractivity contribution in [3.8, 4) is 5.75 Å². The molecule has 6 heteroatoms. The number of amides is 1. The number of carboxylic acid groups (broad SMARTS) is 1. The number of hydrogen-bond donors (Lipinski definition) is 2. The van der Waals surface area contributed by atoms with Crippen LogP contribution in [0, 0.1) is 5.92 Å². The number of hydrogen-bond acceptors (Lipinski definition) is 4. The van der Waals surface area contributed by atoms with Crippen molar-refractivity contribution < 1.29 is 19.4 Å². The first kappa shape index (κ1) is 13.5. The van der Waals surface area contributed by atoms with Gasteiger partial charge >= 0.3 is 5.97 Å². The molecule has 0 fully saturated rings. The Morgan fingerprint density at radius 3 is 2.76 bits per heavy atom. The molecule has 0 aromatic carbocycles. The van der Waals surface area contributed by atoms with E-state index in [2.05, 4.69) is 5.32 Å². The molecule has 0 atom stereocenters. The summed E-state index contributed by atoms with van der Waals surface area (Å²) in [6.07, 6.45) is 0. The van der Waals surface area contributed by atoms with Crippen LogP contribution in [-0.2, 0) is 4.79 Å². The molecule has 0 bridgehead atoms. The first-order valence-corrected chi connectivity index (χ1v) is 6.08. The molecule has 1 rings (SSSR count). The third kappa shape index (κ3) is 4.86. The number of carboxylic acids is 1. The summed E-state index contributed by atoms with van der Waals surface area (Å²) < 4.78 is 5.17. The maximum atomic E-state index is 11.3. The van der Waals surface area contributed by atoms with Gasteiger partial charge in [0.15, 0.2) is 6.61 Å². The highest BCUT2D eigenvalue weighted by Gasteiger charge is 2.09. The molecule has 0 spiro atoms. The minimum Gasteiger partial charge on any atom is -0.483 e. The largest absolute Gasteiger partial charge is 0.483 e. The Hall–Kier alpha value is -1.56. The van der Waals surface area contributed by atoms with Crippen LogP contribution in [-0.4, -0.2) is 30.1 Å². The van der Waals surface area contributed by atoms with E-state index in [0.717, 1.165) is 11.3 Å². The summed E-state index contributed by atoms with van der Waals surface area (Å²) in [6.45, 7) is 4.51. The first-order valence-electron chi connectivity index (χ1n) is 5.20. The van der Waals surface area contributed by atoms with Crippen molar-refractivity contribution in [2.45, 2.75) is 13.8 Å². The molecule has 5 nitrogen and oxygen atoms in total. The third-order valence-electron chi connectivity index (χ3n) is 1.86. The Labute approximate surface area is 103 Å². The van der Waals surface area contributed by atoms with Gasteiger partial charge in [-0.1, -0.05) is 13.8 Å². The van der Waals surface area contributed by atoms with Crippen LogP contribution >= 0.6 is 11.3 Å². The van der Waals surface area contributed by atoms with Crippen LogP contribution in [0.1, 0.15) is 23.5 Å². The van der Waals surface area contributed by atoms with Gasteiger partial charge in [0.05, 0.1) is 0 Å². The molecule has 0 unspecified atom stereocenters. The van der Waals surface area contributed by atoms with E-state index >= 15 is 0 Å². The van der Waals surface area contributed by atoms with Gasteiger partial charge in [-0.25, -0.2) is 4.79 Å². The van der Waals surface area contributed by atoms with Crippen LogP contribution in [0.25, 0.3) is 0 Å². The molecule has 0 aliphatic rings. The number of rotatable bonds is 6. The van der Waals surface area contributed by atoms with E-state index < -0.39 is 5.97 Å². The van der Waals surface area contributed by atoms with Gasteiger partial charge in [0, 0.05) is 18.0 Å².